The second kappa shape index (κ2) is 11.3. The highest BCUT2D eigenvalue weighted by Gasteiger charge is 2.02. The third-order valence-corrected chi connectivity index (χ3v) is 4.23. The zero-order valence-corrected chi connectivity index (χ0v) is 17.4. The summed E-state index contributed by atoms with van der Waals surface area (Å²) in [5.41, 5.74) is 6.92. The summed E-state index contributed by atoms with van der Waals surface area (Å²) >= 11 is 1.59. The summed E-state index contributed by atoms with van der Waals surface area (Å²) < 4.78 is 17.9. The van der Waals surface area contributed by atoms with Gasteiger partial charge in [-0.2, -0.15) is 0 Å². The summed E-state index contributed by atoms with van der Waals surface area (Å²) in [5, 5.41) is 3.07. The fourth-order valence-corrected chi connectivity index (χ4v) is 2.88. The fourth-order valence-electron chi connectivity index (χ4n) is 2.07. The Morgan fingerprint density at radius 2 is 1.72 bits per heavy atom. The van der Waals surface area contributed by atoms with E-state index < -0.39 is 0 Å². The van der Waals surface area contributed by atoms with Crippen molar-refractivity contribution in [3.05, 3.63) is 59.9 Å². The lowest BCUT2D eigenvalue weighted by Crippen LogP contribution is -2.40. The van der Waals surface area contributed by atoms with Crippen molar-refractivity contribution < 1.29 is 9.13 Å². The van der Waals surface area contributed by atoms with Gasteiger partial charge in [-0.1, -0.05) is 23.9 Å². The van der Waals surface area contributed by atoms with Gasteiger partial charge in [0.1, 0.15) is 5.82 Å². The molecular weight excluding hydrogens is 452 g/mol. The molecule has 2 rings (SSSR count). The Labute approximate surface area is 169 Å². The van der Waals surface area contributed by atoms with Crippen LogP contribution in [0.5, 0.6) is 0 Å². The van der Waals surface area contributed by atoms with Gasteiger partial charge in [0.05, 0.1) is 13.2 Å². The molecule has 0 aliphatic carbocycles. The zero-order chi connectivity index (χ0) is 17.4. The van der Waals surface area contributed by atoms with Gasteiger partial charge in [-0.15, -0.1) is 24.0 Å². The van der Waals surface area contributed by atoms with E-state index in [1.54, 1.807) is 31.0 Å². The molecule has 0 radical (unpaired) electrons. The van der Waals surface area contributed by atoms with Crippen molar-refractivity contribution in [2.75, 3.05) is 13.7 Å². The van der Waals surface area contributed by atoms with Crippen molar-refractivity contribution >= 4 is 41.7 Å². The van der Waals surface area contributed by atoms with Crippen LogP contribution >= 0.6 is 35.7 Å². The van der Waals surface area contributed by atoms with Gasteiger partial charge < -0.3 is 15.8 Å². The molecule has 0 amide bonds. The molecule has 0 saturated carbocycles. The van der Waals surface area contributed by atoms with E-state index >= 15 is 0 Å². The number of hydrogen-bond acceptors (Lipinski definition) is 3. The maximum absolute atomic E-state index is 12.9. The average Bonchev–Trinajstić information content (AvgIpc) is 2.56. The quantitative estimate of drug-likeness (QED) is 0.361. The van der Waals surface area contributed by atoms with Crippen molar-refractivity contribution in [1.82, 2.24) is 5.32 Å². The highest BCUT2D eigenvalue weighted by Crippen LogP contribution is 2.27. The van der Waals surface area contributed by atoms with Crippen LogP contribution in [-0.4, -0.2) is 25.7 Å². The Kier molecular flexibility index (Phi) is 9.84. The average molecular weight is 475 g/mol. The van der Waals surface area contributed by atoms with Crippen LogP contribution in [0, 0.1) is 5.82 Å². The normalized spacial score (nSPS) is 12.4. The van der Waals surface area contributed by atoms with Crippen LogP contribution in [0.4, 0.5) is 4.39 Å². The van der Waals surface area contributed by atoms with Crippen LogP contribution in [0.25, 0.3) is 0 Å². The molecule has 2 aromatic rings. The van der Waals surface area contributed by atoms with Crippen LogP contribution in [0.3, 0.4) is 0 Å². The van der Waals surface area contributed by atoms with Gasteiger partial charge in [-0.25, -0.2) is 9.38 Å². The molecule has 25 heavy (non-hydrogen) atoms. The number of nitrogens with two attached hydrogens (primary N) is 1. The summed E-state index contributed by atoms with van der Waals surface area (Å²) in [5.74, 6) is 0.183. The fraction of sp³-hybridized carbons (Fsp3) is 0.278. The Hall–Kier alpha value is -1.32. The van der Waals surface area contributed by atoms with Crippen LogP contribution in [0.2, 0.25) is 0 Å². The predicted molar refractivity (Wildman–Crippen MR) is 112 cm³/mol. The number of nitrogens with zero attached hydrogens (tertiary/aromatic N) is 1. The molecule has 0 heterocycles. The number of benzene rings is 2. The molecule has 0 fully saturated rings. The topological polar surface area (TPSA) is 59.6 Å². The zero-order valence-electron chi connectivity index (χ0n) is 14.2. The smallest absolute Gasteiger partial charge is 0.189 e. The molecule has 136 valence electrons. The van der Waals surface area contributed by atoms with E-state index in [1.165, 1.54) is 12.1 Å². The van der Waals surface area contributed by atoms with Crippen molar-refractivity contribution in [1.29, 1.82) is 0 Å². The molecular formula is C18H23FIN3OS. The summed E-state index contributed by atoms with van der Waals surface area (Å²) in [7, 11) is 1.65. The van der Waals surface area contributed by atoms with Gasteiger partial charge in [0.2, 0.25) is 0 Å². The second-order valence-electron chi connectivity index (χ2n) is 5.40. The summed E-state index contributed by atoms with van der Waals surface area (Å²) in [6.45, 7) is 3.07. The molecule has 3 N–H and O–H groups in total. The molecule has 0 bridgehead atoms. The van der Waals surface area contributed by atoms with Gasteiger partial charge in [0, 0.05) is 22.9 Å². The van der Waals surface area contributed by atoms with Crippen molar-refractivity contribution in [3.63, 3.8) is 0 Å². The summed E-state index contributed by atoms with van der Waals surface area (Å²) in [4.78, 5) is 6.41. The minimum absolute atomic E-state index is 0. The third-order valence-electron chi connectivity index (χ3n) is 3.22. The Morgan fingerprint density at radius 3 is 2.28 bits per heavy atom. The monoisotopic (exact) mass is 475 g/mol. The molecule has 4 nitrogen and oxygen atoms in total. The number of guanidine groups is 1. The first-order chi connectivity index (χ1) is 11.6. The minimum atomic E-state index is -0.224. The van der Waals surface area contributed by atoms with E-state index in [-0.39, 0.29) is 35.8 Å². The first kappa shape index (κ1) is 21.7. The molecule has 1 unspecified atom stereocenters. The maximum Gasteiger partial charge on any atom is 0.189 e. The number of methoxy groups -OCH3 is 1. The van der Waals surface area contributed by atoms with Crippen LogP contribution < -0.4 is 11.1 Å². The molecule has 0 aromatic heterocycles. The first-order valence-electron chi connectivity index (χ1n) is 7.64. The summed E-state index contributed by atoms with van der Waals surface area (Å²) in [6.07, 6.45) is 0. The molecule has 2 aromatic carbocycles. The lowest BCUT2D eigenvalue weighted by Gasteiger charge is -2.13. The molecule has 0 aliphatic rings. The van der Waals surface area contributed by atoms with E-state index in [1.807, 2.05) is 31.2 Å². The van der Waals surface area contributed by atoms with Gasteiger partial charge in [-0.3, -0.25) is 0 Å². The number of aliphatic imine (C=N–C) groups is 1. The molecule has 0 spiro atoms. The lowest BCUT2D eigenvalue weighted by atomic mass is 10.2. The molecule has 0 aliphatic heterocycles. The van der Waals surface area contributed by atoms with Gasteiger partial charge in [0.15, 0.2) is 5.96 Å². The maximum atomic E-state index is 12.9. The molecule has 1 atom stereocenters. The van der Waals surface area contributed by atoms with Crippen LogP contribution in [0.15, 0.2) is 63.3 Å². The Bertz CT molecular complexity index is 665. The number of rotatable bonds is 7. The van der Waals surface area contributed by atoms with Crippen LogP contribution in [-0.2, 0) is 11.3 Å². The van der Waals surface area contributed by atoms with Crippen molar-refractivity contribution in [2.24, 2.45) is 10.7 Å². The Balaban J connectivity index is 0.00000312. The van der Waals surface area contributed by atoms with E-state index in [2.05, 4.69) is 10.3 Å². The molecule has 7 heteroatoms. The number of ether oxygens (including phenoxy) is 1. The standard InChI is InChI=1S/C18H22FN3OS.HI/c1-13(12-23-2)22-18(20)21-11-14-3-7-16(8-4-14)24-17-9-5-15(19)6-10-17;/h3-10,13H,11-12H2,1-2H3,(H3,20,21,22);1H. The van der Waals surface area contributed by atoms with Crippen molar-refractivity contribution in [2.45, 2.75) is 29.3 Å². The number of halogens is 2. The molecule has 0 saturated heterocycles. The summed E-state index contributed by atoms with van der Waals surface area (Å²) in [6, 6.07) is 14.7. The number of nitrogens with one attached hydrogen (secondary N) is 1. The van der Waals surface area contributed by atoms with E-state index in [9.17, 15) is 4.39 Å². The van der Waals surface area contributed by atoms with E-state index in [0.29, 0.717) is 19.1 Å². The predicted octanol–water partition coefficient (Wildman–Crippen LogP) is 4.03. The van der Waals surface area contributed by atoms with Gasteiger partial charge >= 0.3 is 0 Å². The Morgan fingerprint density at radius 1 is 1.16 bits per heavy atom. The third kappa shape index (κ3) is 8.06. The first-order valence-corrected chi connectivity index (χ1v) is 8.46. The SMILES string of the molecule is COCC(C)NC(N)=NCc1ccc(Sc2ccc(F)cc2)cc1.I. The second-order valence-corrected chi connectivity index (χ2v) is 6.55. The largest absolute Gasteiger partial charge is 0.383 e. The highest BCUT2D eigenvalue weighted by atomic mass is 127. The van der Waals surface area contributed by atoms with Gasteiger partial charge in [0.25, 0.3) is 0 Å². The van der Waals surface area contributed by atoms with Gasteiger partial charge in [-0.05, 0) is 48.9 Å². The van der Waals surface area contributed by atoms with Crippen molar-refractivity contribution in [3.8, 4) is 0 Å². The number of hydrogen-bond donors (Lipinski definition) is 2. The van der Waals surface area contributed by atoms with E-state index in [0.717, 1.165) is 15.4 Å². The van der Waals surface area contributed by atoms with Crippen LogP contribution in [0.1, 0.15) is 12.5 Å². The highest BCUT2D eigenvalue weighted by molar-refractivity contribution is 14.0. The lowest BCUT2D eigenvalue weighted by molar-refractivity contribution is 0.179. The minimum Gasteiger partial charge on any atom is -0.383 e. The van der Waals surface area contributed by atoms with E-state index in [4.69, 9.17) is 10.5 Å².